The van der Waals surface area contributed by atoms with Gasteiger partial charge in [0.2, 0.25) is 0 Å². The maximum absolute atomic E-state index is 5.91. The fourth-order valence-corrected chi connectivity index (χ4v) is 1.97. The molecule has 0 bridgehead atoms. The van der Waals surface area contributed by atoms with E-state index >= 15 is 0 Å². The predicted molar refractivity (Wildman–Crippen MR) is 67.8 cm³/mol. The maximum Gasteiger partial charge on any atom is 0.0441 e. The minimum absolute atomic E-state index is 0.0528. The topological polar surface area (TPSA) is 38.0 Å². The molecule has 0 amide bonds. The maximum atomic E-state index is 5.91. The summed E-state index contributed by atoms with van der Waals surface area (Å²) in [6.45, 7) is 4.83. The third-order valence-electron chi connectivity index (χ3n) is 2.11. The zero-order chi connectivity index (χ0) is 11.5. The van der Waals surface area contributed by atoms with Gasteiger partial charge in [-0.25, -0.2) is 0 Å². The summed E-state index contributed by atoms with van der Waals surface area (Å²) in [6, 6.07) is 5.42. The second-order valence-electron chi connectivity index (χ2n) is 4.21. The van der Waals surface area contributed by atoms with Crippen LogP contribution in [0.2, 0.25) is 10.0 Å². The summed E-state index contributed by atoms with van der Waals surface area (Å²) in [7, 11) is 0. The Kier molecular flexibility index (Phi) is 4.26. The van der Waals surface area contributed by atoms with Crippen LogP contribution in [-0.2, 0) is 0 Å². The molecule has 0 aromatic heterocycles. The van der Waals surface area contributed by atoms with Gasteiger partial charge in [0.1, 0.15) is 0 Å². The minimum atomic E-state index is -0.0528. The van der Waals surface area contributed by atoms with Crippen molar-refractivity contribution in [3.63, 3.8) is 0 Å². The van der Waals surface area contributed by atoms with E-state index in [9.17, 15) is 0 Å². The highest BCUT2D eigenvalue weighted by Crippen LogP contribution is 2.25. The van der Waals surface area contributed by atoms with Gasteiger partial charge in [-0.05, 0) is 45.0 Å². The lowest BCUT2D eigenvalue weighted by molar-refractivity contribution is 0.526. The number of benzene rings is 1. The van der Waals surface area contributed by atoms with Crippen LogP contribution in [0.3, 0.4) is 0 Å². The molecule has 15 heavy (non-hydrogen) atoms. The van der Waals surface area contributed by atoms with Crippen LogP contribution in [0.4, 0.5) is 5.69 Å². The molecule has 1 rings (SSSR count). The van der Waals surface area contributed by atoms with Crippen molar-refractivity contribution in [2.24, 2.45) is 5.73 Å². The molecular weight excluding hydrogens is 231 g/mol. The number of hydrogen-bond donors (Lipinski definition) is 2. The molecule has 0 atom stereocenters. The highest BCUT2D eigenvalue weighted by atomic mass is 35.5. The third kappa shape index (κ3) is 4.29. The van der Waals surface area contributed by atoms with Crippen molar-refractivity contribution < 1.29 is 0 Å². The summed E-state index contributed by atoms with van der Waals surface area (Å²) in [5, 5.41) is 4.62. The Labute approximate surface area is 101 Å². The Bertz CT molecular complexity index is 317. The average molecular weight is 247 g/mol. The van der Waals surface area contributed by atoms with E-state index in [4.69, 9.17) is 28.9 Å². The number of nitrogens with one attached hydrogen (secondary N) is 1. The molecule has 0 radical (unpaired) electrons. The van der Waals surface area contributed by atoms with Crippen LogP contribution in [0.15, 0.2) is 18.2 Å². The van der Waals surface area contributed by atoms with Crippen molar-refractivity contribution in [3.05, 3.63) is 28.2 Å². The first-order chi connectivity index (χ1) is 6.93. The fraction of sp³-hybridized carbons (Fsp3) is 0.455. The Balaban J connectivity index is 2.80. The van der Waals surface area contributed by atoms with Crippen LogP contribution in [0.1, 0.15) is 20.3 Å². The van der Waals surface area contributed by atoms with Gasteiger partial charge in [-0.3, -0.25) is 0 Å². The number of nitrogens with two attached hydrogens (primary N) is 1. The van der Waals surface area contributed by atoms with Gasteiger partial charge in [0.25, 0.3) is 0 Å². The molecule has 0 aliphatic heterocycles. The van der Waals surface area contributed by atoms with Crippen molar-refractivity contribution >= 4 is 28.9 Å². The lowest BCUT2D eigenvalue weighted by atomic mass is 10.0. The van der Waals surface area contributed by atoms with Crippen LogP contribution in [0, 0.1) is 0 Å². The largest absolute Gasteiger partial charge is 0.380 e. The highest BCUT2D eigenvalue weighted by Gasteiger charge is 2.16. The molecule has 0 aliphatic rings. The minimum Gasteiger partial charge on any atom is -0.380 e. The standard InChI is InChI=1S/C11H16Cl2N2/c1-11(2,3-4-14)15-10-6-8(12)5-9(13)7-10/h5-7,15H,3-4,14H2,1-2H3. The molecule has 1 aromatic carbocycles. The first-order valence-corrected chi connectivity index (χ1v) is 5.63. The van der Waals surface area contributed by atoms with Gasteiger partial charge >= 0.3 is 0 Å². The number of anilines is 1. The number of halogens is 2. The molecule has 3 N–H and O–H groups in total. The van der Waals surface area contributed by atoms with Crippen molar-refractivity contribution in [2.45, 2.75) is 25.8 Å². The van der Waals surface area contributed by atoms with Gasteiger partial charge in [0, 0.05) is 21.3 Å². The second-order valence-corrected chi connectivity index (χ2v) is 5.08. The van der Waals surface area contributed by atoms with E-state index in [1.54, 1.807) is 6.07 Å². The van der Waals surface area contributed by atoms with Crippen molar-refractivity contribution in [3.8, 4) is 0 Å². The molecule has 0 unspecified atom stereocenters. The summed E-state index contributed by atoms with van der Waals surface area (Å²) in [6.07, 6.45) is 0.886. The number of hydrogen-bond acceptors (Lipinski definition) is 2. The van der Waals surface area contributed by atoms with Crippen molar-refractivity contribution in [1.82, 2.24) is 0 Å². The summed E-state index contributed by atoms with van der Waals surface area (Å²) >= 11 is 11.8. The van der Waals surface area contributed by atoms with E-state index in [0.717, 1.165) is 12.1 Å². The smallest absolute Gasteiger partial charge is 0.0441 e. The Morgan fingerprint density at radius 3 is 2.20 bits per heavy atom. The fourth-order valence-electron chi connectivity index (χ4n) is 1.44. The van der Waals surface area contributed by atoms with Crippen LogP contribution >= 0.6 is 23.2 Å². The van der Waals surface area contributed by atoms with Crippen molar-refractivity contribution in [1.29, 1.82) is 0 Å². The van der Waals surface area contributed by atoms with Crippen LogP contribution in [0.25, 0.3) is 0 Å². The van der Waals surface area contributed by atoms with Gasteiger partial charge < -0.3 is 11.1 Å². The monoisotopic (exact) mass is 246 g/mol. The lowest BCUT2D eigenvalue weighted by Gasteiger charge is -2.27. The van der Waals surface area contributed by atoms with E-state index in [-0.39, 0.29) is 5.54 Å². The molecule has 0 saturated heterocycles. The molecule has 0 spiro atoms. The molecule has 84 valence electrons. The third-order valence-corrected chi connectivity index (χ3v) is 2.55. The average Bonchev–Trinajstić information content (AvgIpc) is 1.99. The molecular formula is C11H16Cl2N2. The Morgan fingerprint density at radius 2 is 1.73 bits per heavy atom. The molecule has 0 heterocycles. The molecule has 1 aromatic rings. The second kappa shape index (κ2) is 5.06. The summed E-state index contributed by atoms with van der Waals surface area (Å²) < 4.78 is 0. The quantitative estimate of drug-likeness (QED) is 0.854. The predicted octanol–water partition coefficient (Wildman–Crippen LogP) is 3.53. The summed E-state index contributed by atoms with van der Waals surface area (Å²) in [4.78, 5) is 0. The molecule has 0 saturated carbocycles. The van der Waals surface area contributed by atoms with Crippen LogP contribution in [0.5, 0.6) is 0 Å². The van der Waals surface area contributed by atoms with Gasteiger partial charge in [0.15, 0.2) is 0 Å². The first-order valence-electron chi connectivity index (χ1n) is 4.87. The van der Waals surface area contributed by atoms with E-state index in [0.29, 0.717) is 16.6 Å². The summed E-state index contributed by atoms with van der Waals surface area (Å²) in [5.41, 5.74) is 6.41. The van der Waals surface area contributed by atoms with E-state index in [2.05, 4.69) is 19.2 Å². The normalized spacial score (nSPS) is 11.5. The lowest BCUT2D eigenvalue weighted by Crippen LogP contribution is -2.33. The number of rotatable bonds is 4. The molecule has 2 nitrogen and oxygen atoms in total. The highest BCUT2D eigenvalue weighted by molar-refractivity contribution is 6.35. The summed E-state index contributed by atoms with van der Waals surface area (Å²) in [5.74, 6) is 0. The zero-order valence-corrected chi connectivity index (χ0v) is 10.5. The van der Waals surface area contributed by atoms with Gasteiger partial charge in [0.05, 0.1) is 0 Å². The van der Waals surface area contributed by atoms with Crippen LogP contribution < -0.4 is 11.1 Å². The van der Waals surface area contributed by atoms with E-state index < -0.39 is 0 Å². The molecule has 4 heteroatoms. The molecule has 0 fully saturated rings. The first kappa shape index (κ1) is 12.6. The van der Waals surface area contributed by atoms with Crippen LogP contribution in [-0.4, -0.2) is 12.1 Å². The van der Waals surface area contributed by atoms with Gasteiger partial charge in [-0.2, -0.15) is 0 Å². The SMILES string of the molecule is CC(C)(CCN)Nc1cc(Cl)cc(Cl)c1. The van der Waals surface area contributed by atoms with E-state index in [1.165, 1.54) is 0 Å². The van der Waals surface area contributed by atoms with Gasteiger partial charge in [-0.15, -0.1) is 0 Å². The van der Waals surface area contributed by atoms with E-state index in [1.807, 2.05) is 12.1 Å². The molecule has 0 aliphatic carbocycles. The van der Waals surface area contributed by atoms with Gasteiger partial charge in [-0.1, -0.05) is 23.2 Å². The Hall–Kier alpha value is -0.440. The Morgan fingerprint density at radius 1 is 1.20 bits per heavy atom. The zero-order valence-electron chi connectivity index (χ0n) is 8.98. The van der Waals surface area contributed by atoms with Crippen molar-refractivity contribution in [2.75, 3.05) is 11.9 Å².